The Hall–Kier alpha value is -2.67. The highest BCUT2D eigenvalue weighted by molar-refractivity contribution is 6.47. The first kappa shape index (κ1) is 20.6. The maximum atomic E-state index is 12.6. The van der Waals surface area contributed by atoms with Crippen LogP contribution in [0.4, 0.5) is 5.69 Å². The Labute approximate surface area is 160 Å². The first-order chi connectivity index (χ1) is 12.9. The highest BCUT2D eigenvalue weighted by atomic mass is 16.5. The number of nitrogens with one attached hydrogen (secondary N) is 1. The molecule has 1 heterocycles. The van der Waals surface area contributed by atoms with Crippen molar-refractivity contribution in [3.63, 3.8) is 0 Å². The van der Waals surface area contributed by atoms with E-state index < -0.39 is 11.7 Å². The third-order valence-electron chi connectivity index (χ3n) is 4.64. The first-order valence-corrected chi connectivity index (χ1v) is 9.19. The number of aryl methyl sites for hydroxylation is 2. The molecule has 0 aliphatic rings. The van der Waals surface area contributed by atoms with E-state index in [2.05, 4.69) is 29.2 Å². The molecular formula is C20H28N4O3. The molecule has 1 amide bonds. The van der Waals surface area contributed by atoms with Gasteiger partial charge in [0.05, 0.1) is 16.9 Å². The highest BCUT2D eigenvalue weighted by Gasteiger charge is 2.24. The fourth-order valence-electron chi connectivity index (χ4n) is 2.92. The fraction of sp³-hybridized carbons (Fsp3) is 0.450. The lowest BCUT2D eigenvalue weighted by Crippen LogP contribution is -2.28. The van der Waals surface area contributed by atoms with Crippen LogP contribution in [0.2, 0.25) is 0 Å². The Bertz CT molecular complexity index is 810. The number of benzene rings is 1. The molecule has 0 fully saturated rings. The molecule has 0 aliphatic carbocycles. The van der Waals surface area contributed by atoms with Crippen LogP contribution in [0.5, 0.6) is 5.75 Å². The molecule has 2 rings (SSSR count). The van der Waals surface area contributed by atoms with E-state index in [1.54, 1.807) is 43.8 Å². The van der Waals surface area contributed by atoms with Crippen molar-refractivity contribution in [1.29, 1.82) is 0 Å². The van der Waals surface area contributed by atoms with Gasteiger partial charge in [-0.15, -0.1) is 0 Å². The van der Waals surface area contributed by atoms with Crippen LogP contribution in [-0.4, -0.2) is 52.6 Å². The van der Waals surface area contributed by atoms with Crippen LogP contribution in [0.25, 0.3) is 0 Å². The molecular weight excluding hydrogens is 344 g/mol. The summed E-state index contributed by atoms with van der Waals surface area (Å²) in [7, 11) is 1.75. The smallest absolute Gasteiger partial charge is 0.297 e. The number of ether oxygens (including phenoxy) is 1. The third kappa shape index (κ3) is 4.95. The molecule has 0 bridgehead atoms. The van der Waals surface area contributed by atoms with E-state index >= 15 is 0 Å². The molecule has 0 spiro atoms. The maximum absolute atomic E-state index is 12.6. The number of hydrogen-bond donors (Lipinski definition) is 1. The van der Waals surface area contributed by atoms with Gasteiger partial charge >= 0.3 is 0 Å². The molecule has 1 aromatic carbocycles. The van der Waals surface area contributed by atoms with Crippen molar-refractivity contribution in [2.75, 3.05) is 31.6 Å². The topological polar surface area (TPSA) is 76.5 Å². The Balaban J connectivity index is 2.08. The minimum atomic E-state index is -0.700. The Morgan fingerprint density at radius 1 is 1.19 bits per heavy atom. The second-order valence-corrected chi connectivity index (χ2v) is 6.32. The SMILES string of the molecule is CCN(CC)CCOc1ccccc1NC(=O)C(=O)c1c(C)nn(C)c1C. The predicted molar refractivity (Wildman–Crippen MR) is 105 cm³/mol. The van der Waals surface area contributed by atoms with Crippen LogP contribution in [0, 0.1) is 13.8 Å². The molecule has 146 valence electrons. The standard InChI is InChI=1S/C20H28N4O3/c1-6-24(7-2)12-13-27-17-11-9-8-10-16(17)21-20(26)19(25)18-14(3)22-23(5)15(18)4/h8-11H,6-7,12-13H2,1-5H3,(H,21,26). The minimum absolute atomic E-state index is 0.343. The van der Waals surface area contributed by atoms with Crippen molar-refractivity contribution in [1.82, 2.24) is 14.7 Å². The number of rotatable bonds is 9. The normalized spacial score (nSPS) is 10.9. The summed E-state index contributed by atoms with van der Waals surface area (Å²) in [6.45, 7) is 10.9. The summed E-state index contributed by atoms with van der Waals surface area (Å²) in [6.07, 6.45) is 0. The summed E-state index contributed by atoms with van der Waals surface area (Å²) in [6, 6.07) is 7.13. The largest absolute Gasteiger partial charge is 0.490 e. The molecule has 0 saturated carbocycles. The van der Waals surface area contributed by atoms with Gasteiger partial charge in [0.1, 0.15) is 12.4 Å². The molecule has 0 atom stereocenters. The van der Waals surface area contributed by atoms with Crippen molar-refractivity contribution in [2.24, 2.45) is 7.05 Å². The highest BCUT2D eigenvalue weighted by Crippen LogP contribution is 2.24. The molecule has 7 nitrogen and oxygen atoms in total. The monoisotopic (exact) mass is 372 g/mol. The minimum Gasteiger partial charge on any atom is -0.490 e. The molecule has 0 unspecified atom stereocenters. The van der Waals surface area contributed by atoms with E-state index in [0.29, 0.717) is 35.0 Å². The van der Waals surface area contributed by atoms with Crippen LogP contribution in [0.15, 0.2) is 24.3 Å². The van der Waals surface area contributed by atoms with Gasteiger partial charge in [0.25, 0.3) is 11.7 Å². The first-order valence-electron chi connectivity index (χ1n) is 9.19. The maximum Gasteiger partial charge on any atom is 0.297 e. The van der Waals surface area contributed by atoms with Gasteiger partial charge < -0.3 is 15.0 Å². The second-order valence-electron chi connectivity index (χ2n) is 6.32. The number of anilines is 1. The van der Waals surface area contributed by atoms with E-state index in [9.17, 15) is 9.59 Å². The number of hydrogen-bond acceptors (Lipinski definition) is 5. The number of Topliss-reactive ketones (excluding diaryl/α,β-unsaturated/α-hetero) is 1. The number of nitrogens with zero attached hydrogens (tertiary/aromatic N) is 3. The average Bonchev–Trinajstić information content (AvgIpc) is 2.91. The molecule has 0 saturated heterocycles. The van der Waals surface area contributed by atoms with Crippen molar-refractivity contribution in [3.8, 4) is 5.75 Å². The fourth-order valence-corrected chi connectivity index (χ4v) is 2.92. The lowest BCUT2D eigenvalue weighted by Gasteiger charge is -2.19. The van der Waals surface area contributed by atoms with Gasteiger partial charge in [-0.05, 0) is 39.1 Å². The summed E-state index contributed by atoms with van der Waals surface area (Å²) in [5, 5.41) is 6.87. The van der Waals surface area contributed by atoms with E-state index in [-0.39, 0.29) is 0 Å². The van der Waals surface area contributed by atoms with E-state index in [4.69, 9.17) is 4.74 Å². The van der Waals surface area contributed by atoms with Gasteiger partial charge in [0.2, 0.25) is 0 Å². The number of amides is 1. The van der Waals surface area contributed by atoms with Gasteiger partial charge in [-0.25, -0.2) is 0 Å². The van der Waals surface area contributed by atoms with E-state index in [1.165, 1.54) is 0 Å². The molecule has 0 aliphatic heterocycles. The number of para-hydroxylation sites is 2. The van der Waals surface area contributed by atoms with Crippen LogP contribution in [0.3, 0.4) is 0 Å². The van der Waals surface area contributed by atoms with Gasteiger partial charge in [-0.3, -0.25) is 14.3 Å². The summed E-state index contributed by atoms with van der Waals surface area (Å²) in [5.74, 6) is -0.754. The van der Waals surface area contributed by atoms with Gasteiger partial charge in [-0.2, -0.15) is 5.10 Å². The quantitative estimate of drug-likeness (QED) is 0.541. The molecule has 27 heavy (non-hydrogen) atoms. The lowest BCUT2D eigenvalue weighted by molar-refractivity contribution is -0.112. The lowest BCUT2D eigenvalue weighted by atomic mass is 10.1. The Morgan fingerprint density at radius 3 is 2.44 bits per heavy atom. The number of aromatic nitrogens is 2. The van der Waals surface area contributed by atoms with Crippen molar-refractivity contribution in [3.05, 3.63) is 41.2 Å². The molecule has 7 heteroatoms. The average molecular weight is 372 g/mol. The van der Waals surface area contributed by atoms with Crippen molar-refractivity contribution >= 4 is 17.4 Å². The van der Waals surface area contributed by atoms with Crippen LogP contribution >= 0.6 is 0 Å². The van der Waals surface area contributed by atoms with Crippen molar-refractivity contribution < 1.29 is 14.3 Å². The van der Waals surface area contributed by atoms with Crippen LogP contribution in [-0.2, 0) is 11.8 Å². The Morgan fingerprint density at radius 2 is 1.85 bits per heavy atom. The van der Waals surface area contributed by atoms with Gasteiger partial charge in [0.15, 0.2) is 0 Å². The van der Waals surface area contributed by atoms with Gasteiger partial charge in [0, 0.05) is 19.3 Å². The zero-order chi connectivity index (χ0) is 20.0. The summed E-state index contributed by atoms with van der Waals surface area (Å²) in [5.41, 5.74) is 2.03. The Kier molecular flexibility index (Phi) is 7.12. The third-order valence-corrected chi connectivity index (χ3v) is 4.64. The molecule has 2 aromatic rings. The van der Waals surface area contributed by atoms with Gasteiger partial charge in [-0.1, -0.05) is 26.0 Å². The zero-order valence-electron chi connectivity index (χ0n) is 16.7. The van der Waals surface area contributed by atoms with Crippen LogP contribution < -0.4 is 10.1 Å². The number of carbonyl (C=O) groups excluding carboxylic acids is 2. The summed E-state index contributed by atoms with van der Waals surface area (Å²) in [4.78, 5) is 27.3. The second kappa shape index (κ2) is 9.32. The number of ketones is 1. The van der Waals surface area contributed by atoms with E-state index in [1.807, 2.05) is 6.07 Å². The van der Waals surface area contributed by atoms with E-state index in [0.717, 1.165) is 19.6 Å². The predicted octanol–water partition coefficient (Wildman–Crippen LogP) is 2.58. The number of likely N-dealkylation sites (N-methyl/N-ethyl adjacent to an activating group) is 1. The zero-order valence-corrected chi connectivity index (χ0v) is 16.7. The number of carbonyl (C=O) groups is 2. The van der Waals surface area contributed by atoms with Crippen molar-refractivity contribution in [2.45, 2.75) is 27.7 Å². The summed E-state index contributed by atoms with van der Waals surface area (Å²) < 4.78 is 7.42. The van der Waals surface area contributed by atoms with Crippen LogP contribution in [0.1, 0.15) is 35.6 Å². The summed E-state index contributed by atoms with van der Waals surface area (Å²) >= 11 is 0. The molecule has 1 N–H and O–H groups in total. The molecule has 0 radical (unpaired) electrons. The molecule has 1 aromatic heterocycles.